The Morgan fingerprint density at radius 1 is 1.06 bits per heavy atom. The van der Waals surface area contributed by atoms with Crippen LogP contribution < -0.4 is 5.32 Å². The van der Waals surface area contributed by atoms with Crippen molar-refractivity contribution in [2.45, 2.75) is 70.5 Å². The van der Waals surface area contributed by atoms with Gasteiger partial charge in [-0.3, -0.25) is 19.7 Å². The summed E-state index contributed by atoms with van der Waals surface area (Å²) >= 11 is 0. The second kappa shape index (κ2) is 13.0. The SMILES string of the molecule is CCCCOC(=O)C(CCc1ccccc1)N[C@@H](C)C(=O)N(CC(=O)O)C1Cc2ccccc2C1. The Morgan fingerprint density at radius 2 is 1.69 bits per heavy atom. The molecule has 1 aliphatic carbocycles. The normalized spacial score (nSPS) is 14.7. The number of aryl methyl sites for hydroxylation is 1. The molecule has 7 nitrogen and oxygen atoms in total. The van der Waals surface area contributed by atoms with Crippen LogP contribution in [0.3, 0.4) is 0 Å². The molecule has 35 heavy (non-hydrogen) atoms. The van der Waals surface area contributed by atoms with E-state index in [2.05, 4.69) is 5.32 Å². The van der Waals surface area contributed by atoms with E-state index in [9.17, 15) is 19.5 Å². The van der Waals surface area contributed by atoms with Crippen LogP contribution in [-0.4, -0.2) is 59.1 Å². The summed E-state index contributed by atoms with van der Waals surface area (Å²) in [5.74, 6) is -1.76. The number of ether oxygens (including phenoxy) is 1. The Labute approximate surface area is 207 Å². The number of carboxylic acids is 1. The highest BCUT2D eigenvalue weighted by molar-refractivity contribution is 5.86. The van der Waals surface area contributed by atoms with Crippen LogP contribution in [0, 0.1) is 0 Å². The highest BCUT2D eigenvalue weighted by atomic mass is 16.5. The third-order valence-electron chi connectivity index (χ3n) is 6.47. The molecular formula is C28H36N2O5. The maximum atomic E-state index is 13.5. The fourth-order valence-electron chi connectivity index (χ4n) is 4.55. The molecular weight excluding hydrogens is 444 g/mol. The number of esters is 1. The summed E-state index contributed by atoms with van der Waals surface area (Å²) in [5, 5.41) is 12.7. The van der Waals surface area contributed by atoms with Gasteiger partial charge in [-0.15, -0.1) is 0 Å². The summed E-state index contributed by atoms with van der Waals surface area (Å²) in [7, 11) is 0. The van der Waals surface area contributed by atoms with Crippen molar-refractivity contribution in [1.82, 2.24) is 10.2 Å². The first kappa shape index (κ1) is 26.4. The van der Waals surface area contributed by atoms with Crippen LogP contribution in [-0.2, 0) is 38.4 Å². The molecule has 0 saturated carbocycles. The van der Waals surface area contributed by atoms with Gasteiger partial charge in [0.2, 0.25) is 5.91 Å². The van der Waals surface area contributed by atoms with Crippen LogP contribution >= 0.6 is 0 Å². The zero-order chi connectivity index (χ0) is 25.2. The highest BCUT2D eigenvalue weighted by Crippen LogP contribution is 2.26. The first-order chi connectivity index (χ1) is 16.9. The highest BCUT2D eigenvalue weighted by Gasteiger charge is 2.34. The smallest absolute Gasteiger partial charge is 0.323 e. The second-order valence-electron chi connectivity index (χ2n) is 9.18. The van der Waals surface area contributed by atoms with Gasteiger partial charge in [-0.1, -0.05) is 67.9 Å². The third-order valence-corrected chi connectivity index (χ3v) is 6.47. The molecule has 2 aromatic carbocycles. The van der Waals surface area contributed by atoms with Crippen LogP contribution in [0.5, 0.6) is 0 Å². The molecule has 0 bridgehead atoms. The largest absolute Gasteiger partial charge is 0.480 e. The van der Waals surface area contributed by atoms with E-state index in [4.69, 9.17) is 4.74 Å². The fourth-order valence-corrected chi connectivity index (χ4v) is 4.55. The lowest BCUT2D eigenvalue weighted by Gasteiger charge is -2.31. The van der Waals surface area contributed by atoms with E-state index in [-0.39, 0.29) is 24.5 Å². The molecule has 0 radical (unpaired) electrons. The van der Waals surface area contributed by atoms with Crippen LogP contribution in [0.25, 0.3) is 0 Å². The van der Waals surface area contributed by atoms with Gasteiger partial charge in [0.05, 0.1) is 12.6 Å². The summed E-state index contributed by atoms with van der Waals surface area (Å²) in [4.78, 5) is 39.4. The predicted octanol–water partition coefficient (Wildman–Crippen LogP) is 3.39. The molecule has 0 saturated heterocycles. The van der Waals surface area contributed by atoms with Crippen LogP contribution in [0.2, 0.25) is 0 Å². The number of nitrogens with one attached hydrogen (secondary N) is 1. The van der Waals surface area contributed by atoms with Gasteiger partial charge >= 0.3 is 11.9 Å². The third kappa shape index (κ3) is 7.65. The van der Waals surface area contributed by atoms with Crippen molar-refractivity contribution >= 4 is 17.8 Å². The molecule has 0 aromatic heterocycles. The van der Waals surface area contributed by atoms with Crippen molar-refractivity contribution in [1.29, 1.82) is 0 Å². The Balaban J connectivity index is 1.69. The minimum Gasteiger partial charge on any atom is -0.480 e. The van der Waals surface area contributed by atoms with E-state index in [1.54, 1.807) is 6.92 Å². The minimum absolute atomic E-state index is 0.223. The number of hydrogen-bond acceptors (Lipinski definition) is 5. The number of hydrogen-bond donors (Lipinski definition) is 2. The topological polar surface area (TPSA) is 95.9 Å². The van der Waals surface area contributed by atoms with Crippen LogP contribution in [0.15, 0.2) is 54.6 Å². The average Bonchev–Trinajstić information content (AvgIpc) is 3.29. The first-order valence-corrected chi connectivity index (χ1v) is 12.4. The first-order valence-electron chi connectivity index (χ1n) is 12.4. The number of benzene rings is 2. The Morgan fingerprint density at radius 3 is 2.29 bits per heavy atom. The van der Waals surface area contributed by atoms with Crippen molar-refractivity contribution in [3.05, 3.63) is 71.3 Å². The number of amides is 1. The van der Waals surface area contributed by atoms with E-state index < -0.39 is 18.1 Å². The standard InChI is InChI=1S/C28H36N2O5/c1-3-4-16-35-28(34)25(15-14-21-10-6-5-7-11-21)29-20(2)27(33)30(19-26(31)32)24-17-22-12-8-9-13-23(22)18-24/h5-13,20,24-25,29H,3-4,14-19H2,1-2H3,(H,31,32)/t20-,25?/m0/s1. The average molecular weight is 481 g/mol. The number of unbranched alkanes of at least 4 members (excludes halogenated alkanes) is 1. The van der Waals surface area contributed by atoms with Crippen molar-refractivity contribution < 1.29 is 24.2 Å². The van der Waals surface area contributed by atoms with Gasteiger partial charge in [-0.25, -0.2) is 0 Å². The molecule has 0 spiro atoms. The Kier molecular flexibility index (Phi) is 9.85. The number of nitrogens with zero attached hydrogens (tertiary/aromatic N) is 1. The van der Waals surface area contributed by atoms with Gasteiger partial charge < -0.3 is 14.7 Å². The van der Waals surface area contributed by atoms with Crippen LogP contribution in [0.1, 0.15) is 49.8 Å². The van der Waals surface area contributed by atoms with E-state index in [0.717, 1.165) is 29.5 Å². The Hall–Kier alpha value is -3.19. The molecule has 0 aliphatic heterocycles. The predicted molar refractivity (Wildman–Crippen MR) is 134 cm³/mol. The summed E-state index contributed by atoms with van der Waals surface area (Å²) in [6.45, 7) is 3.68. The lowest BCUT2D eigenvalue weighted by molar-refractivity contribution is -0.149. The van der Waals surface area contributed by atoms with E-state index in [1.165, 1.54) is 4.90 Å². The zero-order valence-corrected chi connectivity index (χ0v) is 20.6. The Bertz CT molecular complexity index is 969. The van der Waals surface area contributed by atoms with Crippen molar-refractivity contribution in [3.63, 3.8) is 0 Å². The molecule has 1 amide bonds. The monoisotopic (exact) mass is 480 g/mol. The van der Waals surface area contributed by atoms with E-state index >= 15 is 0 Å². The van der Waals surface area contributed by atoms with E-state index in [1.807, 2.05) is 61.5 Å². The summed E-state index contributed by atoms with van der Waals surface area (Å²) in [5.41, 5.74) is 3.37. The van der Waals surface area contributed by atoms with Gasteiger partial charge in [0.15, 0.2) is 0 Å². The molecule has 0 heterocycles. The number of carboxylic acid groups (broad SMARTS) is 1. The van der Waals surface area contributed by atoms with Gasteiger partial charge in [0.1, 0.15) is 12.6 Å². The van der Waals surface area contributed by atoms with E-state index in [0.29, 0.717) is 32.3 Å². The van der Waals surface area contributed by atoms with Crippen molar-refractivity contribution in [2.75, 3.05) is 13.2 Å². The van der Waals surface area contributed by atoms with Crippen LogP contribution in [0.4, 0.5) is 0 Å². The summed E-state index contributed by atoms with van der Waals surface area (Å²) < 4.78 is 5.46. The number of aliphatic carboxylic acids is 1. The molecule has 0 fully saturated rings. The van der Waals surface area contributed by atoms with Crippen molar-refractivity contribution in [3.8, 4) is 0 Å². The fraction of sp³-hybridized carbons (Fsp3) is 0.464. The number of carbonyl (C=O) groups excluding carboxylic acids is 2. The number of carbonyl (C=O) groups is 3. The molecule has 2 N–H and O–H groups in total. The van der Waals surface area contributed by atoms with Gasteiger partial charge in [-0.2, -0.15) is 0 Å². The maximum Gasteiger partial charge on any atom is 0.323 e. The minimum atomic E-state index is -1.05. The number of fused-ring (bicyclic) bond motifs is 1. The summed E-state index contributed by atoms with van der Waals surface area (Å²) in [6.07, 6.45) is 4.06. The quantitative estimate of drug-likeness (QED) is 0.337. The summed E-state index contributed by atoms with van der Waals surface area (Å²) in [6, 6.07) is 16.2. The molecule has 7 heteroatoms. The molecule has 2 aromatic rings. The molecule has 188 valence electrons. The van der Waals surface area contributed by atoms with Gasteiger partial charge in [-0.05, 0) is 55.7 Å². The molecule has 1 unspecified atom stereocenters. The van der Waals surface area contributed by atoms with Crippen molar-refractivity contribution in [2.24, 2.45) is 0 Å². The maximum absolute atomic E-state index is 13.5. The molecule has 2 atom stereocenters. The molecule has 1 aliphatic rings. The second-order valence-corrected chi connectivity index (χ2v) is 9.18. The lowest BCUT2D eigenvalue weighted by Crippen LogP contribution is -2.54. The zero-order valence-electron chi connectivity index (χ0n) is 20.6. The van der Waals surface area contributed by atoms with Gasteiger partial charge in [0, 0.05) is 6.04 Å². The molecule has 3 rings (SSSR count). The number of rotatable bonds is 13. The van der Waals surface area contributed by atoms with Gasteiger partial charge in [0.25, 0.3) is 0 Å². The lowest BCUT2D eigenvalue weighted by atomic mass is 10.0.